The van der Waals surface area contributed by atoms with Crippen LogP contribution in [0.5, 0.6) is 0 Å². The lowest BCUT2D eigenvalue weighted by molar-refractivity contribution is 0.0684. The van der Waals surface area contributed by atoms with E-state index in [2.05, 4.69) is 11.4 Å². The Morgan fingerprint density at radius 2 is 2.31 bits per heavy atom. The molecule has 0 saturated carbocycles. The summed E-state index contributed by atoms with van der Waals surface area (Å²) in [7, 11) is 0. The highest BCUT2D eigenvalue weighted by Gasteiger charge is 2.12. The summed E-state index contributed by atoms with van der Waals surface area (Å²) in [5.41, 5.74) is 2.47. The predicted octanol–water partition coefficient (Wildman–Crippen LogP) is 2.80. The van der Waals surface area contributed by atoms with E-state index in [0.29, 0.717) is 12.2 Å². The molecule has 0 fully saturated rings. The number of aromatic nitrogens is 1. The maximum absolute atomic E-state index is 11.0. The summed E-state index contributed by atoms with van der Waals surface area (Å²) in [6.07, 6.45) is 2.71. The molecule has 0 aliphatic heterocycles. The van der Waals surface area contributed by atoms with E-state index in [1.54, 1.807) is 15.9 Å². The number of carboxylic acids is 1. The Balaban J connectivity index is 2.13. The van der Waals surface area contributed by atoms with Gasteiger partial charge in [0.15, 0.2) is 0 Å². The van der Waals surface area contributed by atoms with E-state index in [1.807, 2.05) is 24.6 Å². The van der Waals surface area contributed by atoms with Crippen molar-refractivity contribution in [3.05, 3.63) is 45.9 Å². The average Bonchev–Trinajstić information content (AvgIpc) is 2.83. The molecule has 0 amide bonds. The lowest BCUT2D eigenvalue weighted by Crippen LogP contribution is -2.10. The molecule has 2 heterocycles. The summed E-state index contributed by atoms with van der Waals surface area (Å²) < 4.78 is 1.80. The standard InChI is InChI=1S/C12H13NO2S/c1-9-2-5-13(11(9)12(14)15)6-3-10-4-7-16-8-10/h2,4-5,7-8H,3,6H2,1H3,(H,14,15). The number of hydrogen-bond donors (Lipinski definition) is 1. The third-order valence-electron chi connectivity index (χ3n) is 2.59. The number of thiophene rings is 1. The van der Waals surface area contributed by atoms with Crippen LogP contribution in [0.2, 0.25) is 0 Å². The van der Waals surface area contributed by atoms with Crippen molar-refractivity contribution in [1.29, 1.82) is 0 Å². The summed E-state index contributed by atoms with van der Waals surface area (Å²) in [6, 6.07) is 3.92. The van der Waals surface area contributed by atoms with Crippen LogP contribution in [-0.4, -0.2) is 15.6 Å². The van der Waals surface area contributed by atoms with Crippen LogP contribution in [0.1, 0.15) is 21.6 Å². The molecule has 2 rings (SSSR count). The second kappa shape index (κ2) is 4.53. The minimum atomic E-state index is -0.854. The highest BCUT2D eigenvalue weighted by Crippen LogP contribution is 2.13. The lowest BCUT2D eigenvalue weighted by Gasteiger charge is -2.05. The minimum Gasteiger partial charge on any atom is -0.477 e. The monoisotopic (exact) mass is 235 g/mol. The fourth-order valence-corrected chi connectivity index (χ4v) is 2.45. The molecule has 0 aliphatic rings. The van der Waals surface area contributed by atoms with E-state index < -0.39 is 5.97 Å². The number of carboxylic acid groups (broad SMARTS) is 1. The van der Waals surface area contributed by atoms with E-state index >= 15 is 0 Å². The molecule has 1 N–H and O–H groups in total. The van der Waals surface area contributed by atoms with Crippen LogP contribution >= 0.6 is 11.3 Å². The minimum absolute atomic E-state index is 0.398. The summed E-state index contributed by atoms with van der Waals surface area (Å²) in [6.45, 7) is 2.54. The van der Waals surface area contributed by atoms with Gasteiger partial charge >= 0.3 is 5.97 Å². The Kier molecular flexibility index (Phi) is 3.10. The zero-order valence-electron chi connectivity index (χ0n) is 9.01. The smallest absolute Gasteiger partial charge is 0.352 e. The van der Waals surface area contributed by atoms with Crippen molar-refractivity contribution < 1.29 is 9.90 Å². The van der Waals surface area contributed by atoms with Gasteiger partial charge in [-0.05, 0) is 47.4 Å². The Hall–Kier alpha value is -1.55. The highest BCUT2D eigenvalue weighted by atomic mass is 32.1. The largest absolute Gasteiger partial charge is 0.477 e. The van der Waals surface area contributed by atoms with E-state index in [4.69, 9.17) is 5.11 Å². The molecule has 2 aromatic rings. The van der Waals surface area contributed by atoms with Crippen molar-refractivity contribution >= 4 is 17.3 Å². The van der Waals surface area contributed by atoms with E-state index in [0.717, 1.165) is 12.0 Å². The number of rotatable bonds is 4. The predicted molar refractivity (Wildman–Crippen MR) is 64.2 cm³/mol. The fraction of sp³-hybridized carbons (Fsp3) is 0.250. The first-order valence-electron chi connectivity index (χ1n) is 5.08. The number of carbonyl (C=O) groups is 1. The molecule has 0 saturated heterocycles. The number of aryl methyl sites for hydroxylation is 3. The van der Waals surface area contributed by atoms with Crippen molar-refractivity contribution in [2.45, 2.75) is 19.9 Å². The van der Waals surface area contributed by atoms with Crippen molar-refractivity contribution in [2.24, 2.45) is 0 Å². The van der Waals surface area contributed by atoms with E-state index in [9.17, 15) is 4.79 Å². The SMILES string of the molecule is Cc1ccn(CCc2ccsc2)c1C(=O)O. The van der Waals surface area contributed by atoms with Gasteiger partial charge in [-0.25, -0.2) is 4.79 Å². The highest BCUT2D eigenvalue weighted by molar-refractivity contribution is 7.07. The Morgan fingerprint density at radius 1 is 1.50 bits per heavy atom. The van der Waals surface area contributed by atoms with Crippen molar-refractivity contribution in [3.63, 3.8) is 0 Å². The van der Waals surface area contributed by atoms with E-state index in [-0.39, 0.29) is 0 Å². The van der Waals surface area contributed by atoms with Crippen LogP contribution in [0.4, 0.5) is 0 Å². The number of nitrogens with zero attached hydrogens (tertiary/aromatic N) is 1. The van der Waals surface area contributed by atoms with Gasteiger partial charge in [0.05, 0.1) is 0 Å². The average molecular weight is 235 g/mol. The molecular weight excluding hydrogens is 222 g/mol. The Labute approximate surface area is 98.0 Å². The van der Waals surface area contributed by atoms with Gasteiger partial charge in [-0.3, -0.25) is 0 Å². The molecular formula is C12H13NO2S. The number of hydrogen-bond acceptors (Lipinski definition) is 2. The maximum atomic E-state index is 11.0. The third-order valence-corrected chi connectivity index (χ3v) is 3.32. The quantitative estimate of drug-likeness (QED) is 0.885. The van der Waals surface area contributed by atoms with Crippen molar-refractivity contribution in [1.82, 2.24) is 4.57 Å². The van der Waals surface area contributed by atoms with Crippen LogP contribution in [0.3, 0.4) is 0 Å². The zero-order chi connectivity index (χ0) is 11.5. The summed E-state index contributed by atoms with van der Waals surface area (Å²) in [5, 5.41) is 13.2. The summed E-state index contributed by atoms with van der Waals surface area (Å²) in [4.78, 5) is 11.0. The summed E-state index contributed by atoms with van der Waals surface area (Å²) in [5.74, 6) is -0.854. The number of aromatic carboxylic acids is 1. The van der Waals surface area contributed by atoms with Gasteiger partial charge in [0.2, 0.25) is 0 Å². The molecule has 0 spiro atoms. The van der Waals surface area contributed by atoms with Gasteiger partial charge in [0, 0.05) is 12.7 Å². The van der Waals surface area contributed by atoms with Crippen molar-refractivity contribution in [3.8, 4) is 0 Å². The summed E-state index contributed by atoms with van der Waals surface area (Å²) >= 11 is 1.66. The molecule has 0 radical (unpaired) electrons. The normalized spacial score (nSPS) is 10.6. The molecule has 4 heteroatoms. The van der Waals surface area contributed by atoms with Crippen molar-refractivity contribution in [2.75, 3.05) is 0 Å². The van der Waals surface area contributed by atoms with Crippen LogP contribution in [0, 0.1) is 6.92 Å². The van der Waals surface area contributed by atoms with Crippen LogP contribution in [-0.2, 0) is 13.0 Å². The maximum Gasteiger partial charge on any atom is 0.352 e. The first-order valence-corrected chi connectivity index (χ1v) is 6.03. The Morgan fingerprint density at radius 3 is 2.94 bits per heavy atom. The van der Waals surface area contributed by atoms with Gasteiger partial charge in [-0.15, -0.1) is 0 Å². The lowest BCUT2D eigenvalue weighted by atomic mass is 10.2. The first-order chi connectivity index (χ1) is 7.68. The van der Waals surface area contributed by atoms with Gasteiger partial charge in [0.25, 0.3) is 0 Å². The molecule has 0 aliphatic carbocycles. The fourth-order valence-electron chi connectivity index (χ4n) is 1.74. The third kappa shape index (κ3) is 2.17. The molecule has 0 unspecified atom stereocenters. The van der Waals surface area contributed by atoms with Crippen LogP contribution in [0.15, 0.2) is 29.1 Å². The van der Waals surface area contributed by atoms with Gasteiger partial charge in [0.1, 0.15) is 5.69 Å². The first kappa shape index (κ1) is 11.0. The Bertz CT molecular complexity index is 485. The van der Waals surface area contributed by atoms with Gasteiger partial charge in [-0.2, -0.15) is 11.3 Å². The van der Waals surface area contributed by atoms with Crippen LogP contribution < -0.4 is 0 Å². The molecule has 16 heavy (non-hydrogen) atoms. The molecule has 2 aromatic heterocycles. The van der Waals surface area contributed by atoms with Gasteiger partial charge < -0.3 is 9.67 Å². The van der Waals surface area contributed by atoms with Crippen LogP contribution in [0.25, 0.3) is 0 Å². The second-order valence-electron chi connectivity index (χ2n) is 3.73. The van der Waals surface area contributed by atoms with Gasteiger partial charge in [-0.1, -0.05) is 0 Å². The molecule has 0 bridgehead atoms. The molecule has 0 atom stereocenters. The second-order valence-corrected chi connectivity index (χ2v) is 4.51. The zero-order valence-corrected chi connectivity index (χ0v) is 9.83. The molecule has 3 nitrogen and oxygen atoms in total. The molecule has 0 aromatic carbocycles. The van der Waals surface area contributed by atoms with E-state index in [1.165, 1.54) is 5.56 Å². The molecule has 84 valence electrons. The topological polar surface area (TPSA) is 42.2 Å².